The van der Waals surface area contributed by atoms with Gasteiger partial charge in [0.2, 0.25) is 0 Å². The smallest absolute Gasteiger partial charge is 0.0383 e. The Morgan fingerprint density at radius 3 is 1.44 bits per heavy atom. The second-order valence-electron chi connectivity index (χ2n) is 12.7. The van der Waals surface area contributed by atoms with E-state index in [0.717, 1.165) is 35.5 Å². The zero-order valence-corrected chi connectivity index (χ0v) is 22.4. The van der Waals surface area contributed by atoms with Crippen molar-refractivity contribution in [3.05, 3.63) is 0 Å². The molecule has 3 saturated carbocycles. The van der Waals surface area contributed by atoms with Crippen molar-refractivity contribution in [2.45, 2.75) is 168 Å². The summed E-state index contributed by atoms with van der Waals surface area (Å²) in [6.45, 7) is 4.67. The molecule has 0 bridgehead atoms. The van der Waals surface area contributed by atoms with Crippen molar-refractivity contribution in [1.29, 1.82) is 0 Å². The minimum absolute atomic E-state index is 1.09. The van der Waals surface area contributed by atoms with Crippen LogP contribution in [0, 0.1) is 35.5 Å². The van der Waals surface area contributed by atoms with Crippen LogP contribution in [0.1, 0.15) is 168 Å². The third-order valence-electron chi connectivity index (χ3n) is 10.3. The summed E-state index contributed by atoms with van der Waals surface area (Å²) in [7, 11) is 0. The van der Waals surface area contributed by atoms with Gasteiger partial charge >= 0.3 is 0 Å². The summed E-state index contributed by atoms with van der Waals surface area (Å²) in [5.74, 6) is 6.60. The molecule has 188 valence electrons. The van der Waals surface area contributed by atoms with Gasteiger partial charge in [0.05, 0.1) is 0 Å². The van der Waals surface area contributed by atoms with Gasteiger partial charge in [-0.25, -0.2) is 0 Å². The first-order chi connectivity index (χ1) is 15.8. The summed E-state index contributed by atoms with van der Waals surface area (Å²) in [6.07, 6.45) is 36.7. The van der Waals surface area contributed by atoms with Crippen molar-refractivity contribution in [2.75, 3.05) is 0 Å². The van der Waals surface area contributed by atoms with Crippen molar-refractivity contribution >= 4 is 0 Å². The molecular formula is C32H60. The molecule has 3 fully saturated rings. The molecule has 0 aromatic rings. The van der Waals surface area contributed by atoms with E-state index in [1.807, 2.05) is 0 Å². The maximum Gasteiger partial charge on any atom is -0.0383 e. The molecule has 0 heteroatoms. The Bertz CT molecular complexity index is 437. The summed E-state index contributed by atoms with van der Waals surface area (Å²) < 4.78 is 0. The van der Waals surface area contributed by atoms with Gasteiger partial charge in [0, 0.05) is 0 Å². The van der Waals surface area contributed by atoms with Crippen LogP contribution in [0.4, 0.5) is 0 Å². The Morgan fingerprint density at radius 2 is 0.875 bits per heavy atom. The average molecular weight is 445 g/mol. The van der Waals surface area contributed by atoms with Gasteiger partial charge in [-0.05, 0) is 80.5 Å². The maximum atomic E-state index is 2.34. The molecule has 0 heterocycles. The Hall–Kier alpha value is 0. The number of hydrogen-bond acceptors (Lipinski definition) is 0. The second-order valence-corrected chi connectivity index (χ2v) is 12.7. The van der Waals surface area contributed by atoms with Crippen LogP contribution in [0.15, 0.2) is 0 Å². The molecule has 2 atom stereocenters. The van der Waals surface area contributed by atoms with Gasteiger partial charge in [0.1, 0.15) is 0 Å². The standard InChI is InChI=1S/C32H60/c1-3-5-7-9-11-14-27-18-20-29(21-19-27)30-22-24-31(25-23-30)32-17-13-16-28(26-32)15-12-10-8-6-4-2/h27-32H,3-26H2,1-2H3/t27?,28-,29?,30?,31?,32+/m0/s1. The van der Waals surface area contributed by atoms with E-state index < -0.39 is 0 Å². The van der Waals surface area contributed by atoms with Crippen molar-refractivity contribution < 1.29 is 0 Å². The van der Waals surface area contributed by atoms with Gasteiger partial charge < -0.3 is 0 Å². The fraction of sp³-hybridized carbons (Fsp3) is 1.00. The van der Waals surface area contributed by atoms with Crippen LogP contribution in [0.5, 0.6) is 0 Å². The molecule has 0 aromatic heterocycles. The molecule has 0 aromatic carbocycles. The lowest BCUT2D eigenvalue weighted by atomic mass is 9.64. The molecule has 3 aliphatic rings. The van der Waals surface area contributed by atoms with Crippen molar-refractivity contribution in [1.82, 2.24) is 0 Å². The van der Waals surface area contributed by atoms with Gasteiger partial charge in [-0.3, -0.25) is 0 Å². The molecule has 0 saturated heterocycles. The monoisotopic (exact) mass is 444 g/mol. The van der Waals surface area contributed by atoms with E-state index in [1.54, 1.807) is 89.9 Å². The Kier molecular flexibility index (Phi) is 13.1. The summed E-state index contributed by atoms with van der Waals surface area (Å²) in [5, 5.41) is 0. The number of unbranched alkanes of at least 4 members (excludes halogenated alkanes) is 8. The van der Waals surface area contributed by atoms with E-state index >= 15 is 0 Å². The fourth-order valence-electron chi connectivity index (χ4n) is 8.13. The quantitative estimate of drug-likeness (QED) is 0.234. The number of hydrogen-bond donors (Lipinski definition) is 0. The molecule has 32 heavy (non-hydrogen) atoms. The highest BCUT2D eigenvalue weighted by molar-refractivity contribution is 4.86. The minimum Gasteiger partial charge on any atom is -0.0654 e. The summed E-state index contributed by atoms with van der Waals surface area (Å²) in [4.78, 5) is 0. The molecule has 0 aliphatic heterocycles. The molecule has 0 spiro atoms. The molecule has 0 amide bonds. The van der Waals surface area contributed by atoms with Crippen LogP contribution in [0.25, 0.3) is 0 Å². The Morgan fingerprint density at radius 1 is 0.406 bits per heavy atom. The fourth-order valence-corrected chi connectivity index (χ4v) is 8.13. The maximum absolute atomic E-state index is 2.34. The molecule has 0 radical (unpaired) electrons. The van der Waals surface area contributed by atoms with Crippen LogP contribution >= 0.6 is 0 Å². The van der Waals surface area contributed by atoms with Crippen LogP contribution in [-0.2, 0) is 0 Å². The molecule has 0 N–H and O–H groups in total. The highest BCUT2D eigenvalue weighted by Gasteiger charge is 2.34. The van der Waals surface area contributed by atoms with Gasteiger partial charge in [0.15, 0.2) is 0 Å². The van der Waals surface area contributed by atoms with Gasteiger partial charge in [-0.15, -0.1) is 0 Å². The van der Waals surface area contributed by atoms with Crippen molar-refractivity contribution in [2.24, 2.45) is 35.5 Å². The highest BCUT2D eigenvalue weighted by atomic mass is 14.4. The third-order valence-corrected chi connectivity index (χ3v) is 10.3. The van der Waals surface area contributed by atoms with Crippen LogP contribution in [0.3, 0.4) is 0 Å². The molecular weight excluding hydrogens is 384 g/mol. The van der Waals surface area contributed by atoms with Crippen molar-refractivity contribution in [3.63, 3.8) is 0 Å². The van der Waals surface area contributed by atoms with Crippen LogP contribution in [0.2, 0.25) is 0 Å². The SMILES string of the molecule is CCCCCCCC1CCC(C2CCC([C@@H]3CCC[C@H](CCCCCCC)C3)CC2)CC1. The first-order valence-corrected chi connectivity index (χ1v) is 15.8. The van der Waals surface area contributed by atoms with Gasteiger partial charge in [-0.1, -0.05) is 123 Å². The lowest BCUT2D eigenvalue weighted by Crippen LogP contribution is -2.30. The van der Waals surface area contributed by atoms with E-state index in [-0.39, 0.29) is 0 Å². The Balaban J connectivity index is 1.27. The minimum atomic E-state index is 1.09. The van der Waals surface area contributed by atoms with E-state index in [9.17, 15) is 0 Å². The summed E-state index contributed by atoms with van der Waals surface area (Å²) >= 11 is 0. The van der Waals surface area contributed by atoms with Gasteiger partial charge in [0.25, 0.3) is 0 Å². The number of rotatable bonds is 14. The largest absolute Gasteiger partial charge is 0.0654 e. The summed E-state index contributed by atoms with van der Waals surface area (Å²) in [5.41, 5.74) is 0. The van der Waals surface area contributed by atoms with Gasteiger partial charge in [-0.2, -0.15) is 0 Å². The predicted octanol–water partition coefficient (Wildman–Crippen LogP) is 11.1. The van der Waals surface area contributed by atoms with Crippen LogP contribution in [-0.4, -0.2) is 0 Å². The Labute approximate surface area is 203 Å². The zero-order chi connectivity index (χ0) is 22.4. The molecule has 0 nitrogen and oxygen atoms in total. The van der Waals surface area contributed by atoms with E-state index in [0.29, 0.717) is 0 Å². The normalized spacial score (nSPS) is 33.9. The molecule has 3 aliphatic carbocycles. The lowest BCUT2D eigenvalue weighted by Gasteiger charge is -2.42. The zero-order valence-electron chi connectivity index (χ0n) is 22.4. The predicted molar refractivity (Wildman–Crippen MR) is 143 cm³/mol. The molecule has 3 rings (SSSR count). The summed E-state index contributed by atoms with van der Waals surface area (Å²) in [6, 6.07) is 0. The first-order valence-electron chi connectivity index (χ1n) is 15.8. The average Bonchev–Trinajstić information content (AvgIpc) is 2.84. The van der Waals surface area contributed by atoms with Crippen LogP contribution < -0.4 is 0 Å². The van der Waals surface area contributed by atoms with E-state index in [1.165, 1.54) is 64.2 Å². The van der Waals surface area contributed by atoms with E-state index in [4.69, 9.17) is 0 Å². The highest BCUT2D eigenvalue weighted by Crippen LogP contribution is 2.47. The molecule has 0 unspecified atom stereocenters. The van der Waals surface area contributed by atoms with Crippen molar-refractivity contribution in [3.8, 4) is 0 Å². The first kappa shape index (κ1) is 26.6. The third kappa shape index (κ3) is 9.33. The second kappa shape index (κ2) is 15.8. The topological polar surface area (TPSA) is 0 Å². The van der Waals surface area contributed by atoms with E-state index in [2.05, 4.69) is 13.8 Å². The lowest BCUT2D eigenvalue weighted by molar-refractivity contribution is 0.0980.